The molecule has 0 spiro atoms. The zero-order chi connectivity index (χ0) is 35.7. The van der Waals surface area contributed by atoms with Gasteiger partial charge in [-0.2, -0.15) is 0 Å². The average molecular weight is 635 g/mol. The first-order valence-electron chi connectivity index (χ1n) is 17.6. The van der Waals surface area contributed by atoms with E-state index in [1.807, 2.05) is 32.9 Å². The van der Waals surface area contributed by atoms with Crippen LogP contribution < -0.4 is 0 Å². The van der Waals surface area contributed by atoms with E-state index < -0.39 is 5.60 Å². The van der Waals surface area contributed by atoms with Crippen molar-refractivity contribution in [3.8, 4) is 5.75 Å². The number of aromatic hydroxyl groups is 1. The number of carbonyl (C=O) groups excluding carboxylic acids is 1. The van der Waals surface area contributed by atoms with Crippen molar-refractivity contribution in [2.45, 2.75) is 154 Å². The van der Waals surface area contributed by atoms with Crippen LogP contribution in [0.4, 0.5) is 0 Å². The Morgan fingerprint density at radius 2 is 1.02 bits per heavy atom. The first kappa shape index (κ1) is 39.9. The Morgan fingerprint density at radius 3 is 1.46 bits per heavy atom. The van der Waals surface area contributed by atoms with Crippen LogP contribution >= 0.6 is 0 Å². The van der Waals surface area contributed by atoms with E-state index in [-0.39, 0.29) is 50.3 Å². The topological polar surface area (TPSA) is 46.5 Å². The van der Waals surface area contributed by atoms with Gasteiger partial charge in [-0.15, -0.1) is 0 Å². The molecule has 0 aliphatic heterocycles. The summed E-state index contributed by atoms with van der Waals surface area (Å²) in [6.45, 7) is 38.8. The van der Waals surface area contributed by atoms with E-state index >= 15 is 0 Å². The molecule has 3 nitrogen and oxygen atoms in total. The van der Waals surface area contributed by atoms with E-state index in [1.54, 1.807) is 0 Å². The number of esters is 1. The van der Waals surface area contributed by atoms with Gasteiger partial charge in [0, 0.05) is 0 Å². The number of benzene rings is 2. The fourth-order valence-electron chi connectivity index (χ4n) is 7.21. The maximum atomic E-state index is 14.0. The van der Waals surface area contributed by atoms with Gasteiger partial charge in [-0.25, -0.2) is 0 Å². The third-order valence-corrected chi connectivity index (χ3v) is 11.7. The highest BCUT2D eigenvalue weighted by Gasteiger charge is 2.53. The van der Waals surface area contributed by atoms with E-state index in [9.17, 15) is 9.90 Å². The average Bonchev–Trinajstić information content (AvgIpc) is 2.87. The minimum Gasteiger partial charge on any atom is -0.508 e. The number of hydrogen-bond donors (Lipinski definition) is 1. The Balaban J connectivity index is 2.65. The van der Waals surface area contributed by atoms with Crippen LogP contribution in [0.3, 0.4) is 0 Å². The molecule has 0 heterocycles. The maximum absolute atomic E-state index is 14.0. The van der Waals surface area contributed by atoms with Crippen molar-refractivity contribution in [2.24, 2.45) is 38.4 Å². The molecular weight excluding hydrogens is 564 g/mol. The van der Waals surface area contributed by atoms with Crippen molar-refractivity contribution in [1.82, 2.24) is 0 Å². The molecule has 2 aromatic carbocycles. The fourth-order valence-corrected chi connectivity index (χ4v) is 7.21. The predicted molar refractivity (Wildman–Crippen MR) is 197 cm³/mol. The molecule has 0 saturated heterocycles. The Hall–Kier alpha value is -2.29. The highest BCUT2D eigenvalue weighted by Crippen LogP contribution is 2.61. The summed E-state index contributed by atoms with van der Waals surface area (Å²) in [7, 11) is 0. The van der Waals surface area contributed by atoms with Gasteiger partial charge in [-0.3, -0.25) is 4.79 Å². The molecule has 0 amide bonds. The van der Waals surface area contributed by atoms with Crippen molar-refractivity contribution in [3.05, 3.63) is 65.7 Å². The highest BCUT2D eigenvalue weighted by molar-refractivity contribution is 5.74. The summed E-state index contributed by atoms with van der Waals surface area (Å²) in [5.74, 6) is 0.535. The number of phenolic OH excluding ortho intramolecular Hbond substituents is 1. The highest BCUT2D eigenvalue weighted by atomic mass is 16.6. The van der Waals surface area contributed by atoms with Crippen LogP contribution in [0.5, 0.6) is 5.75 Å². The van der Waals surface area contributed by atoms with Crippen LogP contribution in [0.2, 0.25) is 0 Å². The second-order valence-corrected chi connectivity index (χ2v) is 19.9. The Morgan fingerprint density at radius 1 is 0.587 bits per heavy atom. The summed E-state index contributed by atoms with van der Waals surface area (Å²) in [5, 5.41) is 10.0. The third-order valence-electron chi connectivity index (χ3n) is 11.7. The van der Waals surface area contributed by atoms with Crippen molar-refractivity contribution in [3.63, 3.8) is 0 Å². The number of ether oxygens (including phenoxy) is 1. The molecule has 3 heteroatoms. The molecule has 260 valence electrons. The first-order valence-corrected chi connectivity index (χ1v) is 17.6. The molecule has 2 rings (SSSR count). The fraction of sp³-hybridized carbons (Fsp3) is 0.698. The van der Waals surface area contributed by atoms with Crippen LogP contribution in [-0.4, -0.2) is 16.7 Å². The number of hydrogen-bond acceptors (Lipinski definition) is 3. The molecule has 2 aromatic rings. The molecule has 0 fully saturated rings. The second kappa shape index (κ2) is 13.7. The monoisotopic (exact) mass is 635 g/mol. The molecule has 0 bridgehead atoms. The summed E-state index contributed by atoms with van der Waals surface area (Å²) in [6, 6.07) is 18.9. The maximum Gasteiger partial charge on any atom is 0.310 e. The van der Waals surface area contributed by atoms with Crippen LogP contribution in [0.15, 0.2) is 54.6 Å². The SMILES string of the molecule is CC(C)(C)CC(C(=O)OC(C)(C)C)C(C)(C)C(C)(C)CC(c1ccccc1)C(C)(C)C(C)(C)CC(c1ccc(O)cc1)C(C)(C)C. The summed E-state index contributed by atoms with van der Waals surface area (Å²) < 4.78 is 6.11. The Labute approximate surface area is 284 Å². The molecule has 1 N–H and O–H groups in total. The van der Waals surface area contributed by atoms with Crippen molar-refractivity contribution in [1.29, 1.82) is 0 Å². The standard InChI is InChI=1S/C43H70O3/c1-37(2,3)27-35(36(45)46-39(7,8)9)43(16,17)41(12,13)29-34(30-21-19-18-20-22-30)42(14,15)40(10,11)28-33(38(4,5)6)31-23-25-32(44)26-24-31/h18-26,33-35,44H,27-29H2,1-17H3. The quantitative estimate of drug-likeness (QED) is 0.236. The smallest absolute Gasteiger partial charge is 0.310 e. The van der Waals surface area contributed by atoms with Crippen LogP contribution in [0.25, 0.3) is 0 Å². The lowest BCUT2D eigenvalue weighted by molar-refractivity contribution is -0.171. The lowest BCUT2D eigenvalue weighted by Crippen LogP contribution is -2.48. The summed E-state index contributed by atoms with van der Waals surface area (Å²) in [4.78, 5) is 14.0. The van der Waals surface area contributed by atoms with E-state index in [0.717, 1.165) is 19.3 Å². The lowest BCUT2D eigenvalue weighted by atomic mass is 9.49. The predicted octanol–water partition coefficient (Wildman–Crippen LogP) is 12.6. The molecule has 0 aromatic heterocycles. The zero-order valence-electron chi connectivity index (χ0n) is 32.8. The van der Waals surface area contributed by atoms with Crippen LogP contribution in [0, 0.1) is 38.4 Å². The first-order chi connectivity index (χ1) is 20.5. The summed E-state index contributed by atoms with van der Waals surface area (Å²) in [5.41, 5.74) is 1.41. The molecule has 0 aliphatic carbocycles. The van der Waals surface area contributed by atoms with E-state index in [4.69, 9.17) is 4.74 Å². The van der Waals surface area contributed by atoms with Gasteiger partial charge in [0.25, 0.3) is 0 Å². The van der Waals surface area contributed by atoms with Crippen LogP contribution in [-0.2, 0) is 9.53 Å². The lowest BCUT2D eigenvalue weighted by Gasteiger charge is -2.55. The van der Waals surface area contributed by atoms with Gasteiger partial charge in [-0.1, -0.05) is 139 Å². The molecule has 0 radical (unpaired) electrons. The third kappa shape index (κ3) is 9.86. The normalized spacial score (nSPS) is 16.1. The van der Waals surface area contributed by atoms with E-state index in [1.165, 1.54) is 11.1 Å². The van der Waals surface area contributed by atoms with Gasteiger partial charge >= 0.3 is 5.97 Å². The number of rotatable bonds is 12. The van der Waals surface area contributed by atoms with Crippen molar-refractivity contribution in [2.75, 3.05) is 0 Å². The van der Waals surface area contributed by atoms with Crippen molar-refractivity contribution < 1.29 is 14.6 Å². The largest absolute Gasteiger partial charge is 0.508 e. The molecule has 0 saturated carbocycles. The van der Waals surface area contributed by atoms with Gasteiger partial charge in [0.15, 0.2) is 0 Å². The van der Waals surface area contributed by atoms with E-state index in [0.29, 0.717) is 11.7 Å². The van der Waals surface area contributed by atoms with Gasteiger partial charge < -0.3 is 9.84 Å². The zero-order valence-corrected chi connectivity index (χ0v) is 32.8. The van der Waals surface area contributed by atoms with Gasteiger partial charge in [0.2, 0.25) is 0 Å². The number of phenols is 1. The summed E-state index contributed by atoms with van der Waals surface area (Å²) >= 11 is 0. The molecular formula is C43H70O3. The van der Waals surface area contributed by atoms with Crippen LogP contribution in [0.1, 0.15) is 160 Å². The second-order valence-electron chi connectivity index (χ2n) is 19.9. The molecule has 3 unspecified atom stereocenters. The van der Waals surface area contributed by atoms with Gasteiger partial charge in [-0.05, 0) is 108 Å². The minimum absolute atomic E-state index is 0.0226. The van der Waals surface area contributed by atoms with Crippen molar-refractivity contribution >= 4 is 5.97 Å². The molecule has 3 atom stereocenters. The minimum atomic E-state index is -0.535. The van der Waals surface area contributed by atoms with Gasteiger partial charge in [0.1, 0.15) is 11.4 Å². The van der Waals surface area contributed by atoms with E-state index in [2.05, 4.69) is 139 Å². The molecule has 46 heavy (non-hydrogen) atoms. The Bertz CT molecular complexity index is 1260. The Kier molecular flexibility index (Phi) is 11.9. The summed E-state index contributed by atoms with van der Waals surface area (Å²) in [6.07, 6.45) is 2.71. The molecule has 0 aliphatic rings. The number of carbonyl (C=O) groups is 1. The van der Waals surface area contributed by atoms with Gasteiger partial charge in [0.05, 0.1) is 5.92 Å².